The molecule has 0 aliphatic rings. The van der Waals surface area contributed by atoms with Gasteiger partial charge in [-0.05, 0) is 33.1 Å². The summed E-state index contributed by atoms with van der Waals surface area (Å²) in [5.41, 5.74) is 0. The van der Waals surface area contributed by atoms with Crippen LogP contribution in [0.1, 0.15) is 59.3 Å². The van der Waals surface area contributed by atoms with Crippen LogP contribution in [0.3, 0.4) is 0 Å². The Balaban J connectivity index is 3.62. The molecule has 0 aliphatic carbocycles. The predicted molar refractivity (Wildman–Crippen MR) is 70.1 cm³/mol. The van der Waals surface area contributed by atoms with Gasteiger partial charge in [0.25, 0.3) is 0 Å². The maximum Gasteiger partial charge on any atom is 0.308 e. The summed E-state index contributed by atoms with van der Waals surface area (Å²) in [5.74, 6) is -0.215. The van der Waals surface area contributed by atoms with Crippen molar-refractivity contribution in [3.63, 3.8) is 0 Å². The van der Waals surface area contributed by atoms with Gasteiger partial charge in [-0.25, -0.2) is 0 Å². The molecule has 0 bridgehead atoms. The quantitative estimate of drug-likeness (QED) is 0.446. The van der Waals surface area contributed by atoms with Crippen LogP contribution in [0.5, 0.6) is 0 Å². The normalized spacial score (nSPS) is 11.9. The van der Waals surface area contributed by atoms with Crippen LogP contribution in [-0.2, 0) is 19.1 Å². The SMILES string of the molecule is CCOC(=O)CCCCCC(CC)C(=O)OCC. The Kier molecular flexibility index (Phi) is 10.4. The largest absolute Gasteiger partial charge is 0.466 e. The van der Waals surface area contributed by atoms with Gasteiger partial charge in [0.2, 0.25) is 0 Å². The Bertz CT molecular complexity index is 238. The molecule has 0 amide bonds. The lowest BCUT2D eigenvalue weighted by Crippen LogP contribution is -2.17. The van der Waals surface area contributed by atoms with E-state index in [9.17, 15) is 9.59 Å². The Morgan fingerprint density at radius 3 is 2.17 bits per heavy atom. The standard InChI is InChI=1S/C14H26O4/c1-4-12(14(16)18-6-3)10-8-7-9-11-13(15)17-5-2/h12H,4-11H2,1-3H3. The van der Waals surface area contributed by atoms with Crippen LogP contribution in [0, 0.1) is 5.92 Å². The van der Waals surface area contributed by atoms with Crippen molar-refractivity contribution < 1.29 is 19.1 Å². The molecule has 0 fully saturated rings. The topological polar surface area (TPSA) is 52.6 Å². The van der Waals surface area contributed by atoms with Crippen molar-refractivity contribution in [2.75, 3.05) is 13.2 Å². The van der Waals surface area contributed by atoms with Gasteiger partial charge in [-0.1, -0.05) is 19.8 Å². The molecule has 18 heavy (non-hydrogen) atoms. The second-order valence-corrected chi connectivity index (χ2v) is 4.26. The lowest BCUT2D eigenvalue weighted by Gasteiger charge is -2.12. The molecule has 0 spiro atoms. The molecule has 1 atom stereocenters. The minimum atomic E-state index is -0.130. The molecule has 0 N–H and O–H groups in total. The van der Waals surface area contributed by atoms with E-state index in [1.165, 1.54) is 0 Å². The molecule has 0 aliphatic heterocycles. The number of esters is 2. The third kappa shape index (κ3) is 8.09. The zero-order valence-corrected chi connectivity index (χ0v) is 11.9. The van der Waals surface area contributed by atoms with E-state index in [2.05, 4.69) is 0 Å². The Morgan fingerprint density at radius 2 is 1.61 bits per heavy atom. The van der Waals surface area contributed by atoms with Gasteiger partial charge >= 0.3 is 11.9 Å². The van der Waals surface area contributed by atoms with Crippen molar-refractivity contribution in [1.29, 1.82) is 0 Å². The van der Waals surface area contributed by atoms with E-state index in [0.717, 1.165) is 32.1 Å². The maximum absolute atomic E-state index is 11.5. The van der Waals surface area contributed by atoms with Crippen molar-refractivity contribution in [2.45, 2.75) is 59.3 Å². The van der Waals surface area contributed by atoms with Gasteiger partial charge in [0.05, 0.1) is 19.1 Å². The first kappa shape index (κ1) is 16.9. The number of unbranched alkanes of at least 4 members (excludes halogenated alkanes) is 2. The molecule has 0 aromatic rings. The van der Waals surface area contributed by atoms with Crippen LogP contribution in [0.15, 0.2) is 0 Å². The molecule has 0 heterocycles. The fraction of sp³-hybridized carbons (Fsp3) is 0.857. The molecular weight excluding hydrogens is 232 g/mol. The van der Waals surface area contributed by atoms with Crippen molar-refractivity contribution in [3.8, 4) is 0 Å². The first-order valence-electron chi connectivity index (χ1n) is 6.97. The van der Waals surface area contributed by atoms with Gasteiger partial charge < -0.3 is 9.47 Å². The second-order valence-electron chi connectivity index (χ2n) is 4.26. The summed E-state index contributed by atoms with van der Waals surface area (Å²) in [4.78, 5) is 22.6. The average molecular weight is 258 g/mol. The first-order chi connectivity index (χ1) is 8.65. The number of carbonyl (C=O) groups excluding carboxylic acids is 2. The highest BCUT2D eigenvalue weighted by Crippen LogP contribution is 2.16. The fourth-order valence-electron chi connectivity index (χ4n) is 1.82. The zero-order valence-electron chi connectivity index (χ0n) is 11.9. The number of ether oxygens (including phenoxy) is 2. The summed E-state index contributed by atoms with van der Waals surface area (Å²) in [6.45, 7) is 6.52. The van der Waals surface area contributed by atoms with E-state index in [0.29, 0.717) is 19.6 Å². The minimum Gasteiger partial charge on any atom is -0.466 e. The van der Waals surface area contributed by atoms with Crippen molar-refractivity contribution in [1.82, 2.24) is 0 Å². The lowest BCUT2D eigenvalue weighted by molar-refractivity contribution is -0.148. The monoisotopic (exact) mass is 258 g/mol. The summed E-state index contributed by atoms with van der Waals surface area (Å²) in [5, 5.41) is 0. The van der Waals surface area contributed by atoms with Crippen LogP contribution in [0.4, 0.5) is 0 Å². The molecule has 1 unspecified atom stereocenters. The molecule has 0 radical (unpaired) electrons. The van der Waals surface area contributed by atoms with Gasteiger partial charge in [0, 0.05) is 6.42 Å². The van der Waals surface area contributed by atoms with Gasteiger partial charge in [-0.2, -0.15) is 0 Å². The van der Waals surface area contributed by atoms with Crippen LogP contribution in [0.25, 0.3) is 0 Å². The van der Waals surface area contributed by atoms with Gasteiger partial charge in [-0.3, -0.25) is 9.59 Å². The van der Waals surface area contributed by atoms with E-state index in [4.69, 9.17) is 9.47 Å². The molecule has 0 saturated heterocycles. The molecule has 0 rings (SSSR count). The summed E-state index contributed by atoms with van der Waals surface area (Å²) < 4.78 is 9.86. The fourth-order valence-corrected chi connectivity index (χ4v) is 1.82. The van der Waals surface area contributed by atoms with E-state index in [1.54, 1.807) is 0 Å². The Morgan fingerprint density at radius 1 is 0.944 bits per heavy atom. The van der Waals surface area contributed by atoms with E-state index < -0.39 is 0 Å². The number of rotatable bonds is 10. The number of carbonyl (C=O) groups is 2. The van der Waals surface area contributed by atoms with Crippen molar-refractivity contribution in [3.05, 3.63) is 0 Å². The first-order valence-corrected chi connectivity index (χ1v) is 6.97. The zero-order chi connectivity index (χ0) is 13.8. The number of hydrogen-bond donors (Lipinski definition) is 0. The van der Waals surface area contributed by atoms with Gasteiger partial charge in [0.1, 0.15) is 0 Å². The highest BCUT2D eigenvalue weighted by molar-refractivity contribution is 5.72. The van der Waals surface area contributed by atoms with Gasteiger partial charge in [-0.15, -0.1) is 0 Å². The maximum atomic E-state index is 11.5. The van der Waals surface area contributed by atoms with E-state index in [-0.39, 0.29) is 17.9 Å². The van der Waals surface area contributed by atoms with Crippen LogP contribution >= 0.6 is 0 Å². The average Bonchev–Trinajstić information content (AvgIpc) is 2.34. The third-order valence-electron chi connectivity index (χ3n) is 2.85. The van der Waals surface area contributed by atoms with E-state index in [1.807, 2.05) is 20.8 Å². The van der Waals surface area contributed by atoms with E-state index >= 15 is 0 Å². The summed E-state index contributed by atoms with van der Waals surface area (Å²) in [6, 6.07) is 0. The highest BCUT2D eigenvalue weighted by atomic mass is 16.5. The third-order valence-corrected chi connectivity index (χ3v) is 2.85. The molecular formula is C14H26O4. The second kappa shape index (κ2) is 11.1. The highest BCUT2D eigenvalue weighted by Gasteiger charge is 2.16. The Hall–Kier alpha value is -1.06. The number of hydrogen-bond acceptors (Lipinski definition) is 4. The molecule has 106 valence electrons. The minimum absolute atomic E-state index is 0.00698. The van der Waals surface area contributed by atoms with Crippen molar-refractivity contribution >= 4 is 11.9 Å². The summed E-state index contributed by atoms with van der Waals surface area (Å²) in [6.07, 6.45) is 4.88. The van der Waals surface area contributed by atoms with Crippen LogP contribution < -0.4 is 0 Å². The van der Waals surface area contributed by atoms with Crippen LogP contribution in [0.2, 0.25) is 0 Å². The summed E-state index contributed by atoms with van der Waals surface area (Å²) >= 11 is 0. The molecule has 0 saturated carbocycles. The van der Waals surface area contributed by atoms with Gasteiger partial charge in [0.15, 0.2) is 0 Å². The molecule has 0 aromatic carbocycles. The molecule has 0 aromatic heterocycles. The smallest absolute Gasteiger partial charge is 0.308 e. The summed E-state index contributed by atoms with van der Waals surface area (Å²) in [7, 11) is 0. The lowest BCUT2D eigenvalue weighted by atomic mass is 9.98. The molecule has 4 nitrogen and oxygen atoms in total. The Labute approximate surface area is 110 Å². The molecule has 4 heteroatoms. The van der Waals surface area contributed by atoms with Crippen molar-refractivity contribution in [2.24, 2.45) is 5.92 Å². The predicted octanol–water partition coefficient (Wildman–Crippen LogP) is 3.09. The van der Waals surface area contributed by atoms with Crippen LogP contribution in [-0.4, -0.2) is 25.2 Å².